The number of nitrogens with zero attached hydrogens (tertiary/aromatic N) is 3. The third-order valence-corrected chi connectivity index (χ3v) is 8.09. The van der Waals surface area contributed by atoms with Crippen molar-refractivity contribution in [3.8, 4) is 11.3 Å². The molecular weight excluding hydrogens is 695 g/mol. The van der Waals surface area contributed by atoms with Crippen molar-refractivity contribution in [2.45, 2.75) is 13.8 Å². The summed E-state index contributed by atoms with van der Waals surface area (Å²) in [5.74, 6) is -0.0625. The average Bonchev–Trinajstić information content (AvgIpc) is 3.59. The predicted molar refractivity (Wildman–Crippen MR) is 161 cm³/mol. The van der Waals surface area contributed by atoms with Crippen LogP contribution in [0.2, 0.25) is 0 Å². The number of rotatable bonds is 2. The molecule has 0 atom stereocenters. The van der Waals surface area contributed by atoms with Crippen LogP contribution in [-0.2, 0) is 24.9 Å². The van der Waals surface area contributed by atoms with Gasteiger partial charge in [-0.3, -0.25) is 4.79 Å². The third kappa shape index (κ3) is 4.06. The van der Waals surface area contributed by atoms with Gasteiger partial charge in [0.1, 0.15) is 0 Å². The first kappa shape index (κ1) is 26.1. The molecule has 5 aromatic heterocycles. The molecule has 0 aliphatic carbocycles. The molecule has 8 aromatic rings. The average molecular weight is 717 g/mol. The molecule has 0 unspecified atom stereocenters. The Morgan fingerprint density at radius 1 is 0.850 bits per heavy atom. The van der Waals surface area contributed by atoms with E-state index in [1.165, 1.54) is 67.3 Å². The van der Waals surface area contributed by atoms with Crippen LogP contribution < -0.4 is 0 Å². The summed E-state index contributed by atoms with van der Waals surface area (Å²) in [5.41, 5.74) is 5.24. The number of ketones is 1. The molecule has 0 spiro atoms. The maximum atomic E-state index is 10.0. The van der Waals surface area contributed by atoms with E-state index < -0.39 is 0 Å². The summed E-state index contributed by atoms with van der Waals surface area (Å²) in [4.78, 5) is 19.4. The summed E-state index contributed by atoms with van der Waals surface area (Å²) in [7, 11) is 0. The van der Waals surface area contributed by atoms with E-state index in [-0.39, 0.29) is 31.6 Å². The molecule has 0 saturated heterocycles. The number of fused-ring (bicyclic) bond motifs is 10. The third-order valence-electron chi connectivity index (χ3n) is 6.96. The van der Waals surface area contributed by atoms with Crippen molar-refractivity contribution in [3.05, 3.63) is 103 Å². The Balaban J connectivity index is 0.000000325. The van der Waals surface area contributed by atoms with Crippen LogP contribution in [0.1, 0.15) is 13.8 Å². The van der Waals surface area contributed by atoms with Crippen molar-refractivity contribution in [1.82, 2.24) is 14.4 Å². The molecule has 5 nitrogen and oxygen atoms in total. The van der Waals surface area contributed by atoms with Crippen LogP contribution in [0.4, 0.5) is 0 Å². The molecular formula is C33H22IrN3O2S-. The molecule has 0 saturated carbocycles. The molecule has 0 fully saturated rings. The molecule has 1 radical (unpaired) electrons. The number of aromatic nitrogens is 3. The van der Waals surface area contributed by atoms with E-state index in [0.29, 0.717) is 0 Å². The number of para-hydroxylation sites is 1. The van der Waals surface area contributed by atoms with Gasteiger partial charge in [-0.05, 0) is 49.3 Å². The molecule has 0 bridgehead atoms. The Labute approximate surface area is 247 Å². The van der Waals surface area contributed by atoms with Gasteiger partial charge >= 0.3 is 0 Å². The van der Waals surface area contributed by atoms with Crippen LogP contribution in [0.5, 0.6) is 0 Å². The largest absolute Gasteiger partial charge is 0.512 e. The Hall–Kier alpha value is -4.16. The fourth-order valence-electron chi connectivity index (χ4n) is 5.52. The fourth-order valence-corrected chi connectivity index (χ4v) is 6.63. The van der Waals surface area contributed by atoms with Gasteiger partial charge < -0.3 is 19.5 Å². The minimum atomic E-state index is -0.125. The van der Waals surface area contributed by atoms with E-state index in [9.17, 15) is 4.79 Å². The summed E-state index contributed by atoms with van der Waals surface area (Å²) in [5, 5.41) is 15.9. The minimum Gasteiger partial charge on any atom is -0.512 e. The molecule has 5 heterocycles. The van der Waals surface area contributed by atoms with E-state index in [1.807, 2.05) is 35.7 Å². The maximum Gasteiger partial charge on any atom is 0.155 e. The van der Waals surface area contributed by atoms with Gasteiger partial charge in [0.05, 0.1) is 22.4 Å². The number of aliphatic hydroxyl groups is 1. The second kappa shape index (κ2) is 10.1. The minimum absolute atomic E-state index is 0. The van der Waals surface area contributed by atoms with E-state index in [2.05, 4.69) is 76.2 Å². The van der Waals surface area contributed by atoms with Crippen LogP contribution in [0, 0.1) is 6.20 Å². The smallest absolute Gasteiger partial charge is 0.155 e. The van der Waals surface area contributed by atoms with Gasteiger partial charge in [0.2, 0.25) is 0 Å². The Morgan fingerprint density at radius 3 is 2.30 bits per heavy atom. The molecule has 0 aliphatic heterocycles. The van der Waals surface area contributed by atoms with Crippen molar-refractivity contribution in [1.29, 1.82) is 0 Å². The van der Waals surface area contributed by atoms with Crippen molar-refractivity contribution in [2.75, 3.05) is 0 Å². The van der Waals surface area contributed by atoms with Crippen LogP contribution in [0.3, 0.4) is 0 Å². The Kier molecular flexibility index (Phi) is 6.59. The van der Waals surface area contributed by atoms with Crippen molar-refractivity contribution >= 4 is 75.5 Å². The van der Waals surface area contributed by atoms with E-state index >= 15 is 0 Å². The molecule has 197 valence electrons. The van der Waals surface area contributed by atoms with Gasteiger partial charge in [-0.15, -0.1) is 23.0 Å². The standard InChI is InChI=1S/C28H14N3S.C5H8O2.Ir/c1-2-10-23-20(6-1)25-24(32-23)12-11-19-17-7-5-8-18-21-14-16(22-9-3-4-13-29-22)15-30-28(21)31(26(17)18)27(19)25;1-4(6)3-5(2)7;/h1-14H;3,6H,1-2H3;/q-1;;/b;4-3-;. The molecule has 0 aliphatic rings. The van der Waals surface area contributed by atoms with Gasteiger partial charge in [-0.1, -0.05) is 60.0 Å². The van der Waals surface area contributed by atoms with E-state index in [1.54, 1.807) is 0 Å². The normalized spacial score (nSPS) is 11.9. The molecule has 1 N–H and O–H groups in total. The summed E-state index contributed by atoms with van der Waals surface area (Å²) in [6, 6.07) is 27.9. The SMILES string of the molecule is CC(=O)/C=C(/C)O.[Ir].[c-]1nc2c(cc1-c1ccccn1)c1cccc3c4ccc5sc6ccccc6c5c4n2c13. The number of hydrogen-bond donors (Lipinski definition) is 1. The first-order chi connectivity index (χ1) is 19.0. The summed E-state index contributed by atoms with van der Waals surface area (Å²) >= 11 is 1.85. The van der Waals surface area contributed by atoms with Crippen LogP contribution >= 0.6 is 11.3 Å². The van der Waals surface area contributed by atoms with Crippen LogP contribution in [-0.4, -0.2) is 25.3 Å². The van der Waals surface area contributed by atoms with Gasteiger partial charge in [0.25, 0.3) is 0 Å². The van der Waals surface area contributed by atoms with Crippen molar-refractivity contribution in [3.63, 3.8) is 0 Å². The first-order valence-electron chi connectivity index (χ1n) is 12.6. The van der Waals surface area contributed by atoms with Crippen molar-refractivity contribution < 1.29 is 30.0 Å². The number of carbonyl (C=O) groups excluding carboxylic acids is 1. The number of benzene rings is 3. The second-order valence-corrected chi connectivity index (χ2v) is 10.7. The quantitative estimate of drug-likeness (QED) is 0.111. The fraction of sp³-hybridized carbons (Fsp3) is 0.0606. The predicted octanol–water partition coefficient (Wildman–Crippen LogP) is 8.50. The second-order valence-electron chi connectivity index (χ2n) is 9.60. The number of aliphatic hydroxyl groups excluding tert-OH is 1. The zero-order chi connectivity index (χ0) is 26.7. The van der Waals surface area contributed by atoms with Crippen molar-refractivity contribution in [2.24, 2.45) is 0 Å². The van der Waals surface area contributed by atoms with Gasteiger partial charge in [0, 0.05) is 63.3 Å². The Morgan fingerprint density at radius 2 is 1.57 bits per heavy atom. The molecule has 3 aromatic carbocycles. The van der Waals surface area contributed by atoms with Crippen LogP contribution in [0.15, 0.2) is 96.9 Å². The first-order valence-corrected chi connectivity index (χ1v) is 13.4. The number of allylic oxidation sites excluding steroid dienone is 2. The number of thiophene rings is 1. The maximum absolute atomic E-state index is 10.0. The molecule has 7 heteroatoms. The molecule has 40 heavy (non-hydrogen) atoms. The summed E-state index contributed by atoms with van der Waals surface area (Å²) in [6.45, 7) is 2.85. The zero-order valence-corrected chi connectivity index (χ0v) is 24.8. The van der Waals surface area contributed by atoms with E-state index in [0.717, 1.165) is 22.3 Å². The monoisotopic (exact) mass is 717 g/mol. The molecule has 8 rings (SSSR count). The summed E-state index contributed by atoms with van der Waals surface area (Å²) in [6.07, 6.45) is 6.24. The van der Waals surface area contributed by atoms with Gasteiger partial charge in [0.15, 0.2) is 5.78 Å². The van der Waals surface area contributed by atoms with Gasteiger partial charge in [-0.25, -0.2) is 0 Å². The number of hydrogen-bond acceptors (Lipinski definition) is 5. The topological polar surface area (TPSA) is 67.5 Å². The zero-order valence-electron chi connectivity index (χ0n) is 21.6. The number of pyridine rings is 2. The number of carbonyl (C=O) groups is 1. The van der Waals surface area contributed by atoms with Crippen LogP contribution in [0.25, 0.3) is 69.7 Å². The Bertz CT molecular complexity index is 2230. The molecule has 0 amide bonds. The summed E-state index contributed by atoms with van der Waals surface area (Å²) < 4.78 is 4.98. The van der Waals surface area contributed by atoms with Gasteiger partial charge in [-0.2, -0.15) is 0 Å². The van der Waals surface area contributed by atoms with E-state index in [4.69, 9.17) is 10.1 Å².